The van der Waals surface area contributed by atoms with E-state index in [1.54, 1.807) is 18.2 Å². The van der Waals surface area contributed by atoms with Crippen LogP contribution >= 0.6 is 0 Å². The van der Waals surface area contributed by atoms with E-state index in [0.29, 0.717) is 24.8 Å². The number of hydrogen-bond acceptors (Lipinski definition) is 2. The molecule has 1 aliphatic carbocycles. The SMILES string of the molecule is C=C.O=C1CCc2cc(C(=O)O)ccc2C1. The minimum absolute atomic E-state index is 0.237. The number of benzene rings is 1. The summed E-state index contributed by atoms with van der Waals surface area (Å²) >= 11 is 0. The molecular weight excluding hydrogens is 204 g/mol. The molecule has 0 bridgehead atoms. The van der Waals surface area contributed by atoms with E-state index in [-0.39, 0.29) is 5.78 Å². The highest BCUT2D eigenvalue weighted by atomic mass is 16.4. The fraction of sp³-hybridized carbons (Fsp3) is 0.231. The maximum absolute atomic E-state index is 11.1. The van der Waals surface area contributed by atoms with Gasteiger partial charge in [0.15, 0.2) is 0 Å². The minimum atomic E-state index is -0.912. The van der Waals surface area contributed by atoms with Crippen molar-refractivity contribution in [3.05, 3.63) is 48.0 Å². The van der Waals surface area contributed by atoms with Gasteiger partial charge in [-0.2, -0.15) is 0 Å². The first-order chi connectivity index (χ1) is 7.66. The van der Waals surface area contributed by atoms with E-state index in [4.69, 9.17) is 5.11 Å². The van der Waals surface area contributed by atoms with Crippen LogP contribution in [-0.2, 0) is 17.6 Å². The third-order valence-electron chi connectivity index (χ3n) is 2.51. The number of rotatable bonds is 1. The van der Waals surface area contributed by atoms with Gasteiger partial charge in [-0.15, -0.1) is 13.2 Å². The van der Waals surface area contributed by atoms with Crippen molar-refractivity contribution >= 4 is 11.8 Å². The predicted molar refractivity (Wildman–Crippen MR) is 61.7 cm³/mol. The molecule has 0 heterocycles. The summed E-state index contributed by atoms with van der Waals surface area (Å²) in [5.41, 5.74) is 2.29. The third kappa shape index (κ3) is 2.57. The molecule has 0 radical (unpaired) electrons. The molecule has 0 atom stereocenters. The number of ketones is 1. The summed E-state index contributed by atoms with van der Waals surface area (Å²) in [6, 6.07) is 4.97. The Hall–Kier alpha value is -1.90. The average molecular weight is 218 g/mol. The summed E-state index contributed by atoms with van der Waals surface area (Å²) in [7, 11) is 0. The highest BCUT2D eigenvalue weighted by molar-refractivity contribution is 5.89. The van der Waals surface area contributed by atoms with E-state index >= 15 is 0 Å². The van der Waals surface area contributed by atoms with Crippen LogP contribution in [0, 0.1) is 0 Å². The molecule has 1 aromatic carbocycles. The molecule has 3 nitrogen and oxygen atoms in total. The Balaban J connectivity index is 0.000000606. The van der Waals surface area contributed by atoms with Crippen LogP contribution in [0.4, 0.5) is 0 Å². The second kappa shape index (κ2) is 5.26. The van der Waals surface area contributed by atoms with Crippen LogP contribution in [-0.4, -0.2) is 16.9 Å². The van der Waals surface area contributed by atoms with Crippen molar-refractivity contribution in [2.75, 3.05) is 0 Å². The number of carbonyl (C=O) groups is 2. The Morgan fingerprint density at radius 1 is 1.19 bits per heavy atom. The minimum Gasteiger partial charge on any atom is -0.478 e. The molecule has 16 heavy (non-hydrogen) atoms. The molecule has 0 aliphatic heterocycles. The Labute approximate surface area is 94.4 Å². The second-order valence-electron chi connectivity index (χ2n) is 3.50. The fourth-order valence-corrected chi connectivity index (χ4v) is 1.74. The summed E-state index contributed by atoms with van der Waals surface area (Å²) in [5.74, 6) is -0.676. The Morgan fingerprint density at radius 3 is 2.50 bits per heavy atom. The third-order valence-corrected chi connectivity index (χ3v) is 2.51. The van der Waals surface area contributed by atoms with Gasteiger partial charge in [-0.1, -0.05) is 6.07 Å². The van der Waals surface area contributed by atoms with Crippen molar-refractivity contribution in [3.63, 3.8) is 0 Å². The van der Waals surface area contributed by atoms with Crippen molar-refractivity contribution in [2.24, 2.45) is 0 Å². The first-order valence-corrected chi connectivity index (χ1v) is 5.03. The first-order valence-electron chi connectivity index (χ1n) is 5.03. The van der Waals surface area contributed by atoms with E-state index in [0.717, 1.165) is 11.1 Å². The standard InChI is InChI=1S/C11H10O3.C2H4/c12-10-4-3-7-5-9(11(13)14)2-1-8(7)6-10;1-2/h1-2,5H,3-4,6H2,(H,13,14);1-2H2. The van der Waals surface area contributed by atoms with Gasteiger partial charge < -0.3 is 5.11 Å². The van der Waals surface area contributed by atoms with Crippen LogP contribution in [0.1, 0.15) is 27.9 Å². The normalized spacial score (nSPS) is 13.4. The summed E-state index contributed by atoms with van der Waals surface area (Å²) < 4.78 is 0. The van der Waals surface area contributed by atoms with Crippen molar-refractivity contribution in [1.29, 1.82) is 0 Å². The van der Waals surface area contributed by atoms with Gasteiger partial charge in [-0.25, -0.2) is 4.79 Å². The van der Waals surface area contributed by atoms with Crippen LogP contribution in [0.15, 0.2) is 31.4 Å². The number of carboxylic acids is 1. The van der Waals surface area contributed by atoms with Crippen molar-refractivity contribution in [2.45, 2.75) is 19.3 Å². The number of Topliss-reactive ketones (excluding diaryl/α,β-unsaturated/α-hetero) is 1. The summed E-state index contributed by atoms with van der Waals surface area (Å²) in [5, 5.41) is 8.77. The fourth-order valence-electron chi connectivity index (χ4n) is 1.74. The van der Waals surface area contributed by atoms with Gasteiger partial charge in [0.2, 0.25) is 0 Å². The van der Waals surface area contributed by atoms with Crippen LogP contribution < -0.4 is 0 Å². The molecule has 0 amide bonds. The number of carboxylic acid groups (broad SMARTS) is 1. The summed E-state index contributed by atoms with van der Waals surface area (Å²) in [6.45, 7) is 6.00. The predicted octanol–water partition coefficient (Wildman–Crippen LogP) is 2.24. The summed E-state index contributed by atoms with van der Waals surface area (Å²) in [4.78, 5) is 21.8. The Morgan fingerprint density at radius 2 is 1.88 bits per heavy atom. The molecule has 0 saturated heterocycles. The van der Waals surface area contributed by atoms with Gasteiger partial charge in [-0.05, 0) is 29.7 Å². The molecule has 0 unspecified atom stereocenters. The Kier molecular flexibility index (Phi) is 4.00. The van der Waals surface area contributed by atoms with Crippen molar-refractivity contribution in [3.8, 4) is 0 Å². The van der Waals surface area contributed by atoms with Gasteiger partial charge >= 0.3 is 5.97 Å². The maximum atomic E-state index is 11.1. The molecule has 0 spiro atoms. The lowest BCUT2D eigenvalue weighted by Crippen LogP contribution is -2.14. The lowest BCUT2D eigenvalue weighted by Gasteiger charge is -2.14. The van der Waals surface area contributed by atoms with Crippen LogP contribution in [0.3, 0.4) is 0 Å². The van der Waals surface area contributed by atoms with Gasteiger partial charge in [0.25, 0.3) is 0 Å². The zero-order chi connectivity index (χ0) is 12.1. The molecule has 2 rings (SSSR count). The highest BCUT2D eigenvalue weighted by Crippen LogP contribution is 2.20. The van der Waals surface area contributed by atoms with Crippen LogP contribution in [0.5, 0.6) is 0 Å². The zero-order valence-electron chi connectivity index (χ0n) is 9.03. The lowest BCUT2D eigenvalue weighted by atomic mass is 9.89. The molecular formula is C13H14O3. The van der Waals surface area contributed by atoms with Gasteiger partial charge in [0.05, 0.1) is 5.56 Å². The number of aromatic carboxylic acids is 1. The lowest BCUT2D eigenvalue weighted by molar-refractivity contribution is -0.118. The molecule has 0 fully saturated rings. The molecule has 84 valence electrons. The Bertz CT molecular complexity index is 421. The number of hydrogen-bond donors (Lipinski definition) is 1. The van der Waals surface area contributed by atoms with E-state index in [2.05, 4.69) is 13.2 Å². The summed E-state index contributed by atoms with van der Waals surface area (Å²) in [6.07, 6.45) is 1.67. The zero-order valence-corrected chi connectivity index (χ0v) is 9.03. The molecule has 1 aromatic rings. The van der Waals surface area contributed by atoms with Crippen LogP contribution in [0.25, 0.3) is 0 Å². The quantitative estimate of drug-likeness (QED) is 0.735. The highest BCUT2D eigenvalue weighted by Gasteiger charge is 2.16. The van der Waals surface area contributed by atoms with E-state index in [1.807, 2.05) is 0 Å². The molecule has 3 heteroatoms. The van der Waals surface area contributed by atoms with Gasteiger partial charge in [-0.3, -0.25) is 4.79 Å². The molecule has 0 aromatic heterocycles. The van der Waals surface area contributed by atoms with Crippen LogP contribution in [0.2, 0.25) is 0 Å². The maximum Gasteiger partial charge on any atom is 0.335 e. The van der Waals surface area contributed by atoms with Crippen molar-refractivity contribution in [1.82, 2.24) is 0 Å². The largest absolute Gasteiger partial charge is 0.478 e. The smallest absolute Gasteiger partial charge is 0.335 e. The second-order valence-corrected chi connectivity index (χ2v) is 3.50. The molecule has 1 aliphatic rings. The van der Waals surface area contributed by atoms with Gasteiger partial charge in [0, 0.05) is 12.8 Å². The number of aryl methyl sites for hydroxylation is 1. The monoisotopic (exact) mass is 218 g/mol. The topological polar surface area (TPSA) is 54.4 Å². The van der Waals surface area contributed by atoms with Crippen molar-refractivity contribution < 1.29 is 14.7 Å². The number of fused-ring (bicyclic) bond motifs is 1. The first kappa shape index (κ1) is 12.2. The van der Waals surface area contributed by atoms with E-state index in [1.165, 1.54) is 0 Å². The van der Waals surface area contributed by atoms with E-state index < -0.39 is 5.97 Å². The number of carbonyl (C=O) groups excluding carboxylic acids is 1. The van der Waals surface area contributed by atoms with Gasteiger partial charge in [0.1, 0.15) is 5.78 Å². The molecule has 0 saturated carbocycles. The molecule has 1 N–H and O–H groups in total. The van der Waals surface area contributed by atoms with E-state index in [9.17, 15) is 9.59 Å². The average Bonchev–Trinajstić information content (AvgIpc) is 2.30.